The molecule has 0 fully saturated rings. The highest BCUT2D eigenvalue weighted by Gasteiger charge is 2.33. The Hall–Kier alpha value is -2.30. The first-order chi connectivity index (χ1) is 11.2. The zero-order valence-electron chi connectivity index (χ0n) is 13.3. The third-order valence-corrected chi connectivity index (χ3v) is 4.96. The first kappa shape index (κ1) is 14.3. The Bertz CT molecular complexity index is 725. The topological polar surface area (TPSA) is 47.4 Å². The van der Waals surface area contributed by atoms with Crippen molar-refractivity contribution < 1.29 is 9.53 Å². The van der Waals surface area contributed by atoms with Crippen LogP contribution >= 0.6 is 0 Å². The molecule has 1 aromatic heterocycles. The predicted molar refractivity (Wildman–Crippen MR) is 86.4 cm³/mol. The molecule has 2 aromatic rings. The lowest BCUT2D eigenvalue weighted by atomic mass is 9.95. The number of benzene rings is 1. The zero-order valence-corrected chi connectivity index (χ0v) is 13.3. The number of aryl methyl sites for hydroxylation is 1. The van der Waals surface area contributed by atoms with Crippen molar-refractivity contribution in [2.24, 2.45) is 5.92 Å². The summed E-state index contributed by atoms with van der Waals surface area (Å²) in [4.78, 5) is 19.1. The van der Waals surface area contributed by atoms with Crippen molar-refractivity contribution in [1.82, 2.24) is 14.5 Å². The molecule has 0 aliphatic carbocycles. The Morgan fingerprint density at radius 2 is 2.30 bits per heavy atom. The van der Waals surface area contributed by atoms with Gasteiger partial charge in [0.15, 0.2) is 0 Å². The summed E-state index contributed by atoms with van der Waals surface area (Å²) in [5.74, 6) is 2.46. The molecule has 3 heterocycles. The fourth-order valence-corrected chi connectivity index (χ4v) is 3.68. The van der Waals surface area contributed by atoms with Gasteiger partial charge < -0.3 is 14.2 Å². The molecule has 2 atom stereocenters. The molecule has 1 amide bonds. The number of para-hydroxylation sites is 1. The van der Waals surface area contributed by atoms with Crippen molar-refractivity contribution in [3.05, 3.63) is 48.0 Å². The maximum absolute atomic E-state index is 12.8. The van der Waals surface area contributed by atoms with Gasteiger partial charge >= 0.3 is 0 Å². The number of likely N-dealkylation sites (N-methyl/N-ethyl adjacent to an activating group) is 1. The number of aromatic nitrogens is 2. The molecule has 0 radical (unpaired) electrons. The number of amides is 1. The highest BCUT2D eigenvalue weighted by atomic mass is 16.5. The number of hydrogen-bond donors (Lipinski definition) is 0. The molecule has 0 spiro atoms. The van der Waals surface area contributed by atoms with E-state index in [1.807, 2.05) is 48.6 Å². The molecule has 23 heavy (non-hydrogen) atoms. The van der Waals surface area contributed by atoms with Gasteiger partial charge in [0.2, 0.25) is 5.91 Å². The monoisotopic (exact) mass is 311 g/mol. The number of carbonyl (C=O) groups excluding carboxylic acids is 1. The molecular formula is C18H21N3O2. The van der Waals surface area contributed by atoms with Crippen molar-refractivity contribution in [2.45, 2.75) is 25.3 Å². The van der Waals surface area contributed by atoms with Crippen LogP contribution in [0.5, 0.6) is 5.75 Å². The summed E-state index contributed by atoms with van der Waals surface area (Å²) in [5, 5.41) is 0. The van der Waals surface area contributed by atoms with Crippen LogP contribution in [0.25, 0.3) is 0 Å². The lowest BCUT2D eigenvalue weighted by Gasteiger charge is -2.29. The van der Waals surface area contributed by atoms with Gasteiger partial charge in [-0.1, -0.05) is 18.2 Å². The second-order valence-corrected chi connectivity index (χ2v) is 6.52. The molecule has 0 N–H and O–H groups in total. The highest BCUT2D eigenvalue weighted by molar-refractivity contribution is 5.85. The third kappa shape index (κ3) is 2.60. The summed E-state index contributed by atoms with van der Waals surface area (Å²) in [6.45, 7) is 2.24. The van der Waals surface area contributed by atoms with E-state index in [0.717, 1.165) is 43.1 Å². The van der Waals surface area contributed by atoms with Crippen LogP contribution in [0.15, 0.2) is 36.7 Å². The SMILES string of the molecule is CN(C[C@H]1CCn2ccnc2C1)C(=O)[C@H]1COc2ccccc21. The predicted octanol–water partition coefficient (Wildman–Crippen LogP) is 2.08. The maximum Gasteiger partial charge on any atom is 0.233 e. The number of hydrogen-bond acceptors (Lipinski definition) is 3. The molecule has 1 aromatic carbocycles. The molecule has 120 valence electrons. The summed E-state index contributed by atoms with van der Waals surface area (Å²) in [5.41, 5.74) is 1.02. The summed E-state index contributed by atoms with van der Waals surface area (Å²) >= 11 is 0. The van der Waals surface area contributed by atoms with Crippen LogP contribution in [0.3, 0.4) is 0 Å². The van der Waals surface area contributed by atoms with Gasteiger partial charge in [-0.05, 0) is 18.4 Å². The Balaban J connectivity index is 1.42. The first-order valence-electron chi connectivity index (χ1n) is 8.19. The number of nitrogens with zero attached hydrogens (tertiary/aromatic N) is 3. The Morgan fingerprint density at radius 1 is 1.43 bits per heavy atom. The van der Waals surface area contributed by atoms with Crippen LogP contribution in [0.1, 0.15) is 23.7 Å². The van der Waals surface area contributed by atoms with E-state index < -0.39 is 0 Å². The van der Waals surface area contributed by atoms with Crippen molar-refractivity contribution in [3.63, 3.8) is 0 Å². The van der Waals surface area contributed by atoms with E-state index in [4.69, 9.17) is 4.74 Å². The van der Waals surface area contributed by atoms with Crippen LogP contribution in [0.4, 0.5) is 0 Å². The number of ether oxygens (including phenoxy) is 1. The lowest BCUT2D eigenvalue weighted by molar-refractivity contribution is -0.132. The van der Waals surface area contributed by atoms with Gasteiger partial charge in [-0.2, -0.15) is 0 Å². The summed E-state index contributed by atoms with van der Waals surface area (Å²) < 4.78 is 7.86. The maximum atomic E-state index is 12.8. The van der Waals surface area contributed by atoms with E-state index in [9.17, 15) is 4.79 Å². The van der Waals surface area contributed by atoms with Gasteiger partial charge in [-0.25, -0.2) is 4.98 Å². The van der Waals surface area contributed by atoms with Crippen molar-refractivity contribution in [3.8, 4) is 5.75 Å². The van der Waals surface area contributed by atoms with Crippen LogP contribution < -0.4 is 4.74 Å². The molecular weight excluding hydrogens is 290 g/mol. The largest absolute Gasteiger partial charge is 0.492 e. The molecule has 4 rings (SSSR count). The third-order valence-electron chi connectivity index (χ3n) is 4.96. The Kier molecular flexibility index (Phi) is 3.56. The smallest absolute Gasteiger partial charge is 0.233 e. The normalized spacial score (nSPS) is 22.1. The number of rotatable bonds is 3. The van der Waals surface area contributed by atoms with Crippen LogP contribution in [0.2, 0.25) is 0 Å². The van der Waals surface area contributed by atoms with E-state index in [0.29, 0.717) is 12.5 Å². The van der Waals surface area contributed by atoms with Crippen LogP contribution in [0, 0.1) is 5.92 Å². The van der Waals surface area contributed by atoms with Gasteiger partial charge in [0.1, 0.15) is 24.1 Å². The Morgan fingerprint density at radius 3 is 3.22 bits per heavy atom. The summed E-state index contributed by atoms with van der Waals surface area (Å²) in [7, 11) is 1.91. The van der Waals surface area contributed by atoms with E-state index in [-0.39, 0.29) is 11.8 Å². The number of carbonyl (C=O) groups is 1. The van der Waals surface area contributed by atoms with Gasteiger partial charge in [0.25, 0.3) is 0 Å². The van der Waals surface area contributed by atoms with Gasteiger partial charge in [0, 0.05) is 44.5 Å². The Labute approximate surface area is 135 Å². The van der Waals surface area contributed by atoms with Crippen molar-refractivity contribution in [1.29, 1.82) is 0 Å². The quantitative estimate of drug-likeness (QED) is 0.872. The fraction of sp³-hybridized carbons (Fsp3) is 0.444. The minimum atomic E-state index is -0.165. The molecule has 0 saturated carbocycles. The van der Waals surface area contributed by atoms with Crippen LogP contribution in [-0.4, -0.2) is 40.6 Å². The summed E-state index contributed by atoms with van der Waals surface area (Å²) in [6, 6.07) is 7.84. The number of fused-ring (bicyclic) bond motifs is 2. The highest BCUT2D eigenvalue weighted by Crippen LogP contribution is 2.34. The lowest BCUT2D eigenvalue weighted by Crippen LogP contribution is -2.38. The van der Waals surface area contributed by atoms with Crippen LogP contribution in [-0.2, 0) is 17.8 Å². The number of imidazole rings is 1. The second kappa shape index (κ2) is 5.72. The molecule has 2 aliphatic heterocycles. The zero-order chi connectivity index (χ0) is 15.8. The van der Waals surface area contributed by atoms with Gasteiger partial charge in [-0.15, -0.1) is 0 Å². The molecule has 0 unspecified atom stereocenters. The van der Waals surface area contributed by atoms with Gasteiger partial charge in [0.05, 0.1) is 0 Å². The molecule has 2 aliphatic rings. The van der Waals surface area contributed by atoms with E-state index >= 15 is 0 Å². The second-order valence-electron chi connectivity index (χ2n) is 6.52. The van der Waals surface area contributed by atoms with E-state index in [1.54, 1.807) is 0 Å². The minimum absolute atomic E-state index is 0.156. The molecule has 5 heteroatoms. The van der Waals surface area contributed by atoms with Gasteiger partial charge in [-0.3, -0.25) is 4.79 Å². The first-order valence-corrected chi connectivity index (χ1v) is 8.19. The average molecular weight is 311 g/mol. The molecule has 5 nitrogen and oxygen atoms in total. The van der Waals surface area contributed by atoms with Crippen molar-refractivity contribution >= 4 is 5.91 Å². The molecule has 0 saturated heterocycles. The van der Waals surface area contributed by atoms with E-state index in [1.165, 1.54) is 0 Å². The van der Waals surface area contributed by atoms with Crippen molar-refractivity contribution in [2.75, 3.05) is 20.2 Å². The molecule has 0 bridgehead atoms. The summed E-state index contributed by atoms with van der Waals surface area (Å²) in [6.07, 6.45) is 5.94. The van der Waals surface area contributed by atoms with E-state index in [2.05, 4.69) is 9.55 Å². The minimum Gasteiger partial charge on any atom is -0.492 e. The fourth-order valence-electron chi connectivity index (χ4n) is 3.68. The average Bonchev–Trinajstić information content (AvgIpc) is 3.20. The standard InChI is InChI=1S/C18H21N3O2/c1-20(11-13-6-8-21-9-7-19-17(21)10-13)18(22)15-12-23-16-5-3-2-4-14(15)16/h2-5,7,9,13,15H,6,8,10-12H2,1H3/t13-,15-/m0/s1.